The van der Waals surface area contributed by atoms with E-state index in [4.69, 9.17) is 19.3 Å². The second kappa shape index (κ2) is 14.6. The molecule has 3 fully saturated rings. The Morgan fingerprint density at radius 1 is 0.962 bits per heavy atom. The van der Waals surface area contributed by atoms with Crippen LogP contribution in [0.3, 0.4) is 0 Å². The van der Waals surface area contributed by atoms with Crippen LogP contribution < -0.4 is 10.1 Å². The summed E-state index contributed by atoms with van der Waals surface area (Å²) in [5, 5.41) is 8.83. The summed E-state index contributed by atoms with van der Waals surface area (Å²) < 4.78 is 35.8. The molecule has 0 radical (unpaired) electrons. The van der Waals surface area contributed by atoms with Crippen molar-refractivity contribution in [3.63, 3.8) is 0 Å². The maximum absolute atomic E-state index is 15.4. The Morgan fingerprint density at radius 3 is 2.40 bits per heavy atom. The molecular formula is C40H51FN6O6. The summed E-state index contributed by atoms with van der Waals surface area (Å²) in [5.74, 6) is 0.688. The van der Waals surface area contributed by atoms with Crippen LogP contribution >= 0.6 is 0 Å². The minimum Gasteiger partial charge on any atom is -0.494 e. The molecule has 284 valence electrons. The van der Waals surface area contributed by atoms with Gasteiger partial charge in [-0.05, 0) is 108 Å². The number of hydrogen-bond acceptors (Lipinski definition) is 7. The van der Waals surface area contributed by atoms with Gasteiger partial charge in [0.2, 0.25) is 5.91 Å². The fourth-order valence-electron chi connectivity index (χ4n) is 8.06. The fourth-order valence-corrected chi connectivity index (χ4v) is 8.06. The summed E-state index contributed by atoms with van der Waals surface area (Å²) in [7, 11) is 3.11. The third-order valence-corrected chi connectivity index (χ3v) is 10.7. The molecule has 1 unspecified atom stereocenters. The van der Waals surface area contributed by atoms with Crippen LogP contribution in [0, 0.1) is 18.7 Å². The zero-order valence-corrected chi connectivity index (χ0v) is 31.7. The number of amides is 3. The Kier molecular flexibility index (Phi) is 10.1. The molecule has 13 heteroatoms. The second-order valence-corrected chi connectivity index (χ2v) is 15.9. The van der Waals surface area contributed by atoms with E-state index < -0.39 is 11.7 Å². The molecule has 3 amide bonds. The number of nitrogens with one attached hydrogen (secondary N) is 1. The van der Waals surface area contributed by atoms with Gasteiger partial charge in [-0.25, -0.2) is 13.7 Å². The van der Waals surface area contributed by atoms with E-state index in [9.17, 15) is 14.4 Å². The predicted molar refractivity (Wildman–Crippen MR) is 199 cm³/mol. The highest BCUT2D eigenvalue weighted by molar-refractivity contribution is 5.96. The van der Waals surface area contributed by atoms with Crippen molar-refractivity contribution in [3.8, 4) is 17.1 Å². The number of nitrogens with zero attached hydrogens (tertiary/aromatic N) is 5. The molecule has 2 saturated heterocycles. The van der Waals surface area contributed by atoms with E-state index in [0.717, 1.165) is 84.0 Å². The number of alkyl carbamates (subject to hydrolysis) is 1. The summed E-state index contributed by atoms with van der Waals surface area (Å²) >= 11 is 0. The lowest BCUT2D eigenvalue weighted by molar-refractivity contribution is -0.136. The van der Waals surface area contributed by atoms with Gasteiger partial charge in [0.05, 0.1) is 23.9 Å². The van der Waals surface area contributed by atoms with Crippen LogP contribution in [0.25, 0.3) is 27.8 Å². The molecule has 1 aromatic carbocycles. The number of ether oxygens (including phenoxy) is 3. The number of methoxy groups -OCH3 is 2. The number of aryl methyl sites for hydroxylation is 1. The van der Waals surface area contributed by atoms with Crippen molar-refractivity contribution in [3.05, 3.63) is 53.0 Å². The zero-order valence-electron chi connectivity index (χ0n) is 31.7. The van der Waals surface area contributed by atoms with Gasteiger partial charge in [0.1, 0.15) is 35.0 Å². The molecule has 2 aliphatic heterocycles. The molecule has 53 heavy (non-hydrogen) atoms. The Bertz CT molecular complexity index is 2040. The summed E-state index contributed by atoms with van der Waals surface area (Å²) in [6, 6.07) is 6.87. The number of carbonyl (C=O) groups excluding carboxylic acids is 3. The van der Waals surface area contributed by atoms with E-state index >= 15 is 4.39 Å². The van der Waals surface area contributed by atoms with E-state index in [1.165, 1.54) is 7.11 Å². The van der Waals surface area contributed by atoms with Gasteiger partial charge in [-0.3, -0.25) is 9.59 Å². The van der Waals surface area contributed by atoms with Crippen LogP contribution in [0.2, 0.25) is 0 Å². The number of benzene rings is 1. The largest absolute Gasteiger partial charge is 0.494 e. The first kappa shape index (κ1) is 36.7. The summed E-state index contributed by atoms with van der Waals surface area (Å²) in [6.07, 6.45) is 6.53. The van der Waals surface area contributed by atoms with E-state index in [2.05, 4.69) is 9.88 Å². The van der Waals surface area contributed by atoms with Gasteiger partial charge in [0, 0.05) is 63.0 Å². The Balaban J connectivity index is 1.22. The first-order chi connectivity index (χ1) is 25.3. The molecular weight excluding hydrogens is 679 g/mol. The smallest absolute Gasteiger partial charge is 0.407 e. The predicted octanol–water partition coefficient (Wildman–Crippen LogP) is 6.30. The number of carbonyl (C=O) groups is 3. The average Bonchev–Trinajstić information content (AvgIpc) is 3.79. The van der Waals surface area contributed by atoms with Crippen molar-refractivity contribution in [2.24, 2.45) is 5.92 Å². The third-order valence-electron chi connectivity index (χ3n) is 10.7. The molecule has 3 aliphatic rings. The second-order valence-electron chi connectivity index (χ2n) is 15.9. The third kappa shape index (κ3) is 7.71. The normalized spacial score (nSPS) is 18.5. The number of halogens is 1. The van der Waals surface area contributed by atoms with Crippen LogP contribution in [-0.4, -0.2) is 101 Å². The van der Waals surface area contributed by atoms with Crippen molar-refractivity contribution >= 4 is 34.3 Å². The number of pyridine rings is 1. The van der Waals surface area contributed by atoms with Gasteiger partial charge in [0.25, 0.3) is 5.91 Å². The van der Waals surface area contributed by atoms with Crippen LogP contribution in [0.4, 0.5) is 9.18 Å². The highest BCUT2D eigenvalue weighted by atomic mass is 19.1. The van der Waals surface area contributed by atoms with Crippen molar-refractivity contribution in [1.82, 2.24) is 29.3 Å². The summed E-state index contributed by atoms with van der Waals surface area (Å²) in [4.78, 5) is 42.5. The molecule has 1 saturated carbocycles. The standard InChI is InChI=1S/C40H51FN6O6/c1-24-35(43-47-21-28(18-33(52-6)36(24)47)38(49)45-13-7-8-30(22-45)42-39(50)53-40(2,3)4)32-17-27-16-29(41)19-31(37(27)46(32)20-25-9-10-25)26-11-14-44(15-12-26)34(48)23-51-5/h16-19,21,25-26,30H,7-15,20,22-23H2,1-6H3,(H,42,50). The van der Waals surface area contributed by atoms with Crippen LogP contribution in [0.5, 0.6) is 5.75 Å². The molecule has 12 nitrogen and oxygen atoms in total. The number of fused-ring (bicyclic) bond motifs is 2. The molecule has 4 aromatic rings. The number of piperidine rings is 2. The first-order valence-electron chi connectivity index (χ1n) is 18.8. The minimum atomic E-state index is -0.615. The molecule has 7 rings (SSSR count). The lowest BCUT2D eigenvalue weighted by Gasteiger charge is -2.33. The quantitative estimate of drug-likeness (QED) is 0.215. The molecule has 3 aromatic heterocycles. The van der Waals surface area contributed by atoms with Crippen molar-refractivity contribution in [2.45, 2.75) is 90.3 Å². The SMILES string of the molecule is COCC(=O)N1CCC(c2cc(F)cc3cc(-c4nn5cc(C(=O)N6CCCC(NC(=O)OC(C)(C)C)C6)cc(OC)c5c4C)n(CC4CC4)c23)CC1. The topological polar surface area (TPSA) is 120 Å². The molecule has 0 bridgehead atoms. The summed E-state index contributed by atoms with van der Waals surface area (Å²) in [5.41, 5.74) is 5.10. The van der Waals surface area contributed by atoms with E-state index in [-0.39, 0.29) is 36.2 Å². The van der Waals surface area contributed by atoms with Crippen molar-refractivity contribution in [1.29, 1.82) is 0 Å². The Morgan fingerprint density at radius 2 is 1.72 bits per heavy atom. The van der Waals surface area contributed by atoms with Crippen LogP contribution in [-0.2, 0) is 20.8 Å². The van der Waals surface area contributed by atoms with Gasteiger partial charge in [-0.2, -0.15) is 5.10 Å². The number of rotatable bonds is 9. The van der Waals surface area contributed by atoms with Crippen LogP contribution in [0.15, 0.2) is 30.5 Å². The monoisotopic (exact) mass is 730 g/mol. The fraction of sp³-hybridized carbons (Fsp3) is 0.550. The number of aromatic nitrogens is 3. The van der Waals surface area contributed by atoms with E-state index in [1.54, 1.807) is 40.9 Å². The van der Waals surface area contributed by atoms with Gasteiger partial charge < -0.3 is 33.9 Å². The molecule has 1 aliphatic carbocycles. The Labute approximate surface area is 309 Å². The van der Waals surface area contributed by atoms with E-state index in [1.807, 2.05) is 38.7 Å². The minimum absolute atomic E-state index is 0.0207. The van der Waals surface area contributed by atoms with Gasteiger partial charge in [-0.1, -0.05) is 0 Å². The van der Waals surface area contributed by atoms with E-state index in [0.29, 0.717) is 43.4 Å². The maximum Gasteiger partial charge on any atom is 0.407 e. The van der Waals surface area contributed by atoms with Gasteiger partial charge in [-0.15, -0.1) is 0 Å². The van der Waals surface area contributed by atoms with Gasteiger partial charge >= 0.3 is 6.09 Å². The molecule has 1 N–H and O–H groups in total. The average molecular weight is 731 g/mol. The number of hydrogen-bond donors (Lipinski definition) is 1. The van der Waals surface area contributed by atoms with Crippen molar-refractivity contribution in [2.75, 3.05) is 47.0 Å². The highest BCUT2D eigenvalue weighted by Crippen LogP contribution is 2.42. The van der Waals surface area contributed by atoms with Crippen molar-refractivity contribution < 1.29 is 33.0 Å². The molecule has 1 atom stereocenters. The highest BCUT2D eigenvalue weighted by Gasteiger charge is 2.32. The van der Waals surface area contributed by atoms with Crippen LogP contribution in [0.1, 0.15) is 86.7 Å². The molecule has 5 heterocycles. The first-order valence-corrected chi connectivity index (χ1v) is 18.8. The molecule has 0 spiro atoms. The maximum atomic E-state index is 15.4. The Hall–Kier alpha value is -4.65. The van der Waals surface area contributed by atoms with Gasteiger partial charge in [0.15, 0.2) is 0 Å². The zero-order chi connectivity index (χ0) is 37.6. The lowest BCUT2D eigenvalue weighted by Crippen LogP contribution is -2.50. The lowest BCUT2D eigenvalue weighted by atomic mass is 9.88. The number of likely N-dealkylation sites (tertiary alicyclic amines) is 2. The summed E-state index contributed by atoms with van der Waals surface area (Å²) in [6.45, 7) is 10.5.